The number of likely N-dealkylation sites (N-methyl/N-ethyl adjacent to an activating group) is 1. The second kappa shape index (κ2) is 5.55. The van der Waals surface area contributed by atoms with E-state index in [4.69, 9.17) is 0 Å². The summed E-state index contributed by atoms with van der Waals surface area (Å²) in [4.78, 5) is 18.9. The lowest BCUT2D eigenvalue weighted by Crippen LogP contribution is -2.60. The van der Waals surface area contributed by atoms with E-state index in [1.54, 1.807) is 0 Å². The molecule has 2 heterocycles. The Bertz CT molecular complexity index is 297. The summed E-state index contributed by atoms with van der Waals surface area (Å²) in [6.07, 6.45) is 0. The van der Waals surface area contributed by atoms with Gasteiger partial charge in [-0.25, -0.2) is 0 Å². The maximum Gasteiger partial charge on any atom is 0.236 e. The van der Waals surface area contributed by atoms with Gasteiger partial charge in [0.1, 0.15) is 0 Å². The number of carbonyl (C=O) groups is 1. The zero-order valence-corrected chi connectivity index (χ0v) is 11.9. The van der Waals surface area contributed by atoms with Crippen molar-refractivity contribution in [2.24, 2.45) is 0 Å². The highest BCUT2D eigenvalue weighted by Gasteiger charge is 2.32. The van der Waals surface area contributed by atoms with Crippen LogP contribution in [-0.2, 0) is 4.79 Å². The molecule has 2 rings (SSSR count). The van der Waals surface area contributed by atoms with Crippen LogP contribution in [0.3, 0.4) is 0 Å². The van der Waals surface area contributed by atoms with Gasteiger partial charge in [0.2, 0.25) is 5.91 Å². The normalized spacial score (nSPS) is 26.3. The van der Waals surface area contributed by atoms with E-state index in [1.807, 2.05) is 4.90 Å². The molecule has 0 unspecified atom stereocenters. The number of rotatable bonds is 2. The molecule has 5 heteroatoms. The lowest BCUT2D eigenvalue weighted by molar-refractivity contribution is -0.135. The summed E-state index contributed by atoms with van der Waals surface area (Å²) < 4.78 is 0. The number of hydrogen-bond donors (Lipinski definition) is 1. The molecule has 0 spiro atoms. The minimum atomic E-state index is 0.0838. The molecule has 0 atom stereocenters. The van der Waals surface area contributed by atoms with Crippen LogP contribution in [0, 0.1) is 0 Å². The van der Waals surface area contributed by atoms with Gasteiger partial charge in [-0.15, -0.1) is 0 Å². The number of nitrogens with one attached hydrogen (secondary N) is 1. The topological polar surface area (TPSA) is 38.8 Å². The fourth-order valence-electron chi connectivity index (χ4n) is 2.63. The van der Waals surface area contributed by atoms with Gasteiger partial charge in [-0.3, -0.25) is 9.69 Å². The molecule has 0 aromatic heterocycles. The molecule has 2 aliphatic heterocycles. The predicted octanol–water partition coefficient (Wildman–Crippen LogP) is -0.556. The fraction of sp³-hybridized carbons (Fsp3) is 0.923. The lowest BCUT2D eigenvalue weighted by Gasteiger charge is -2.43. The Morgan fingerprint density at radius 3 is 2.44 bits per heavy atom. The van der Waals surface area contributed by atoms with Crippen LogP contribution in [0.1, 0.15) is 13.8 Å². The van der Waals surface area contributed by atoms with Crippen LogP contribution in [0.15, 0.2) is 0 Å². The van der Waals surface area contributed by atoms with Gasteiger partial charge in [-0.05, 0) is 20.9 Å². The van der Waals surface area contributed by atoms with Crippen molar-refractivity contribution in [1.29, 1.82) is 0 Å². The van der Waals surface area contributed by atoms with Gasteiger partial charge >= 0.3 is 0 Å². The van der Waals surface area contributed by atoms with Crippen LogP contribution in [0.4, 0.5) is 0 Å². The molecule has 0 aromatic carbocycles. The van der Waals surface area contributed by atoms with Gasteiger partial charge in [0.05, 0.1) is 6.54 Å². The molecule has 104 valence electrons. The van der Waals surface area contributed by atoms with E-state index in [2.05, 4.69) is 36.0 Å². The molecular weight excluding hydrogens is 228 g/mol. The predicted molar refractivity (Wildman–Crippen MR) is 72.6 cm³/mol. The molecule has 0 saturated carbocycles. The van der Waals surface area contributed by atoms with Gasteiger partial charge in [0, 0.05) is 51.4 Å². The van der Waals surface area contributed by atoms with E-state index >= 15 is 0 Å². The first-order chi connectivity index (χ1) is 8.49. The van der Waals surface area contributed by atoms with Gasteiger partial charge in [0.15, 0.2) is 0 Å². The Balaban J connectivity index is 1.86. The Labute approximate surface area is 110 Å². The van der Waals surface area contributed by atoms with Crippen molar-refractivity contribution in [3.05, 3.63) is 0 Å². The van der Waals surface area contributed by atoms with Crippen molar-refractivity contribution in [1.82, 2.24) is 20.0 Å². The minimum Gasteiger partial charge on any atom is -0.339 e. The minimum absolute atomic E-state index is 0.0838. The molecule has 5 nitrogen and oxygen atoms in total. The highest BCUT2D eigenvalue weighted by molar-refractivity contribution is 5.78. The molecule has 2 saturated heterocycles. The molecular formula is C13H26N4O. The molecule has 0 bridgehead atoms. The number of amides is 1. The zero-order chi connectivity index (χ0) is 13.2. The molecule has 1 amide bonds. The summed E-state index contributed by atoms with van der Waals surface area (Å²) in [6.45, 7) is 11.6. The largest absolute Gasteiger partial charge is 0.339 e. The fourth-order valence-corrected chi connectivity index (χ4v) is 2.63. The maximum absolute atomic E-state index is 12.3. The van der Waals surface area contributed by atoms with Crippen molar-refractivity contribution in [2.75, 3.05) is 59.4 Å². The van der Waals surface area contributed by atoms with Crippen molar-refractivity contribution >= 4 is 5.91 Å². The third-order valence-corrected chi connectivity index (χ3v) is 4.15. The molecule has 1 N–H and O–H groups in total. The van der Waals surface area contributed by atoms with Crippen LogP contribution in [0.5, 0.6) is 0 Å². The number of piperazine rings is 2. The van der Waals surface area contributed by atoms with E-state index in [0.717, 1.165) is 45.8 Å². The first kappa shape index (κ1) is 13.8. The highest BCUT2D eigenvalue weighted by atomic mass is 16.2. The Morgan fingerprint density at radius 2 is 1.83 bits per heavy atom. The Hall–Kier alpha value is -0.650. The second-order valence-electron chi connectivity index (χ2n) is 6.09. The second-order valence-corrected chi connectivity index (χ2v) is 6.09. The summed E-state index contributed by atoms with van der Waals surface area (Å²) in [6, 6.07) is 0. The van der Waals surface area contributed by atoms with E-state index in [1.165, 1.54) is 0 Å². The van der Waals surface area contributed by atoms with E-state index < -0.39 is 0 Å². The van der Waals surface area contributed by atoms with Gasteiger partial charge in [-0.2, -0.15) is 0 Å². The Kier molecular flexibility index (Phi) is 4.25. The third kappa shape index (κ3) is 3.22. The first-order valence-corrected chi connectivity index (χ1v) is 6.91. The van der Waals surface area contributed by atoms with Gasteiger partial charge < -0.3 is 15.1 Å². The van der Waals surface area contributed by atoms with E-state index in [-0.39, 0.29) is 11.4 Å². The lowest BCUT2D eigenvalue weighted by atomic mass is 10.0. The van der Waals surface area contributed by atoms with Gasteiger partial charge in [-0.1, -0.05) is 0 Å². The monoisotopic (exact) mass is 254 g/mol. The maximum atomic E-state index is 12.3. The summed E-state index contributed by atoms with van der Waals surface area (Å²) in [5.41, 5.74) is 0.0838. The zero-order valence-electron chi connectivity index (χ0n) is 11.9. The Morgan fingerprint density at radius 1 is 1.17 bits per heavy atom. The molecule has 18 heavy (non-hydrogen) atoms. The molecule has 2 fully saturated rings. The highest BCUT2D eigenvalue weighted by Crippen LogP contribution is 2.16. The van der Waals surface area contributed by atoms with E-state index in [9.17, 15) is 4.79 Å². The first-order valence-electron chi connectivity index (χ1n) is 6.91. The van der Waals surface area contributed by atoms with Crippen molar-refractivity contribution in [2.45, 2.75) is 19.4 Å². The quantitative estimate of drug-likeness (QED) is 0.717. The summed E-state index contributed by atoms with van der Waals surface area (Å²) in [5.74, 6) is 0.290. The van der Waals surface area contributed by atoms with Crippen LogP contribution in [0.25, 0.3) is 0 Å². The molecule has 0 aliphatic carbocycles. The van der Waals surface area contributed by atoms with Crippen LogP contribution in [0.2, 0.25) is 0 Å². The van der Waals surface area contributed by atoms with Crippen molar-refractivity contribution in [3.63, 3.8) is 0 Å². The SMILES string of the molecule is CN1CCN(C(=O)CN2CCNCC2(C)C)CC1. The molecule has 0 radical (unpaired) electrons. The summed E-state index contributed by atoms with van der Waals surface area (Å²) >= 11 is 0. The van der Waals surface area contributed by atoms with E-state index in [0.29, 0.717) is 6.54 Å². The van der Waals surface area contributed by atoms with Crippen molar-refractivity contribution < 1.29 is 4.79 Å². The third-order valence-electron chi connectivity index (χ3n) is 4.15. The number of hydrogen-bond acceptors (Lipinski definition) is 4. The summed E-state index contributed by atoms with van der Waals surface area (Å²) in [5, 5.41) is 3.39. The average molecular weight is 254 g/mol. The van der Waals surface area contributed by atoms with Crippen LogP contribution in [-0.4, -0.2) is 85.6 Å². The standard InChI is InChI=1S/C13H26N4O/c1-13(2)11-14-4-5-17(13)10-12(18)16-8-6-15(3)7-9-16/h14H,4-11H2,1-3H3. The van der Waals surface area contributed by atoms with Crippen LogP contribution < -0.4 is 5.32 Å². The number of nitrogens with zero attached hydrogens (tertiary/aromatic N) is 3. The smallest absolute Gasteiger partial charge is 0.236 e. The number of carbonyl (C=O) groups excluding carboxylic acids is 1. The van der Waals surface area contributed by atoms with Crippen LogP contribution >= 0.6 is 0 Å². The summed E-state index contributed by atoms with van der Waals surface area (Å²) in [7, 11) is 2.11. The van der Waals surface area contributed by atoms with Gasteiger partial charge in [0.25, 0.3) is 0 Å². The average Bonchev–Trinajstić information content (AvgIpc) is 2.32. The molecule has 0 aromatic rings. The molecule has 2 aliphatic rings. The van der Waals surface area contributed by atoms with Crippen molar-refractivity contribution in [3.8, 4) is 0 Å².